The molecular weight excluding hydrogens is 353 g/mol. The van der Waals surface area contributed by atoms with Crippen LogP contribution < -0.4 is 10.6 Å². The van der Waals surface area contributed by atoms with Crippen molar-refractivity contribution < 1.29 is 27.6 Å². The number of nitrogens with one attached hydrogen (secondary N) is 3. The van der Waals surface area contributed by atoms with Crippen LogP contribution in [0.3, 0.4) is 0 Å². The second-order valence-corrected chi connectivity index (χ2v) is 5.88. The monoisotopic (exact) mass is 368 g/mol. The maximum atomic E-state index is 12.3. The molecule has 4 amide bonds. The third-order valence-corrected chi connectivity index (χ3v) is 3.99. The zero-order chi connectivity index (χ0) is 18.9. The summed E-state index contributed by atoms with van der Waals surface area (Å²) in [6, 6.07) is 5.74. The van der Waals surface area contributed by atoms with Crippen LogP contribution in [0.2, 0.25) is 0 Å². The number of amides is 4. The Kier molecular flexibility index (Phi) is 4.58. The van der Waals surface area contributed by atoms with Crippen molar-refractivity contribution in [3.63, 3.8) is 0 Å². The number of aromatic nitrogens is 1. The Morgan fingerprint density at radius 1 is 1.23 bits per heavy atom. The zero-order valence-corrected chi connectivity index (χ0v) is 13.4. The molecule has 0 spiro atoms. The van der Waals surface area contributed by atoms with Gasteiger partial charge in [0.15, 0.2) is 0 Å². The number of imide groups is 1. The Morgan fingerprint density at radius 3 is 2.69 bits per heavy atom. The lowest BCUT2D eigenvalue weighted by Crippen LogP contribution is -2.43. The van der Waals surface area contributed by atoms with Crippen molar-refractivity contribution in [2.45, 2.75) is 18.6 Å². The number of hydrogen-bond donors (Lipinski definition) is 3. The second kappa shape index (κ2) is 6.70. The molecule has 0 aliphatic carbocycles. The van der Waals surface area contributed by atoms with Gasteiger partial charge in [-0.25, -0.2) is 4.79 Å². The van der Waals surface area contributed by atoms with Crippen LogP contribution in [0.5, 0.6) is 0 Å². The number of H-pyrrole nitrogens is 1. The molecule has 0 unspecified atom stereocenters. The molecule has 2 aromatic rings. The summed E-state index contributed by atoms with van der Waals surface area (Å²) in [6.45, 7) is -2.28. The summed E-state index contributed by atoms with van der Waals surface area (Å²) >= 11 is 0. The normalized spacial score (nSPS) is 17.7. The van der Waals surface area contributed by atoms with E-state index in [9.17, 15) is 27.6 Å². The number of benzene rings is 1. The highest BCUT2D eigenvalue weighted by atomic mass is 19.4. The summed E-state index contributed by atoms with van der Waals surface area (Å²) in [5, 5.41) is 4.99. The minimum atomic E-state index is -4.56. The van der Waals surface area contributed by atoms with Crippen molar-refractivity contribution in [2.75, 3.05) is 13.1 Å². The predicted molar refractivity (Wildman–Crippen MR) is 85.1 cm³/mol. The van der Waals surface area contributed by atoms with E-state index in [4.69, 9.17) is 0 Å². The number of nitrogens with zero attached hydrogens (tertiary/aromatic N) is 1. The molecule has 0 bridgehead atoms. The van der Waals surface area contributed by atoms with E-state index in [1.807, 2.05) is 24.3 Å². The van der Waals surface area contributed by atoms with Crippen LogP contribution in [0, 0.1) is 0 Å². The Hall–Kier alpha value is -3.04. The summed E-state index contributed by atoms with van der Waals surface area (Å²) in [6.07, 6.45) is -2.64. The van der Waals surface area contributed by atoms with Crippen LogP contribution in [0.25, 0.3) is 10.9 Å². The van der Waals surface area contributed by atoms with E-state index >= 15 is 0 Å². The molecule has 0 radical (unpaired) electrons. The largest absolute Gasteiger partial charge is 0.405 e. The second-order valence-electron chi connectivity index (χ2n) is 5.88. The lowest BCUT2D eigenvalue weighted by molar-refractivity contribution is -0.140. The molecule has 3 N–H and O–H groups in total. The lowest BCUT2D eigenvalue weighted by atomic mass is 10.1. The molecule has 10 heteroatoms. The Bertz CT molecular complexity index is 862. The minimum absolute atomic E-state index is 0.204. The molecule has 1 aliphatic heterocycles. The molecule has 1 saturated heterocycles. The molecule has 26 heavy (non-hydrogen) atoms. The lowest BCUT2D eigenvalue weighted by Gasteiger charge is -2.13. The first-order valence-corrected chi connectivity index (χ1v) is 7.75. The zero-order valence-electron chi connectivity index (χ0n) is 13.4. The number of halogens is 3. The van der Waals surface area contributed by atoms with E-state index in [1.54, 1.807) is 11.5 Å². The van der Waals surface area contributed by atoms with Gasteiger partial charge in [0.25, 0.3) is 5.91 Å². The highest BCUT2D eigenvalue weighted by Gasteiger charge is 2.39. The van der Waals surface area contributed by atoms with Gasteiger partial charge < -0.3 is 15.6 Å². The molecule has 1 fully saturated rings. The van der Waals surface area contributed by atoms with Crippen LogP contribution in [0.4, 0.5) is 18.0 Å². The maximum absolute atomic E-state index is 12.3. The molecule has 138 valence electrons. The van der Waals surface area contributed by atoms with E-state index < -0.39 is 43.2 Å². The number of fused-ring (bicyclic) bond motifs is 1. The molecule has 3 rings (SSSR count). The number of carbonyl (C=O) groups is 3. The van der Waals surface area contributed by atoms with Crippen molar-refractivity contribution in [2.24, 2.45) is 0 Å². The third kappa shape index (κ3) is 3.79. The topological polar surface area (TPSA) is 94.3 Å². The fourth-order valence-electron chi connectivity index (χ4n) is 2.78. The number of carbonyl (C=O) groups excluding carboxylic acids is 3. The van der Waals surface area contributed by atoms with Crippen molar-refractivity contribution >= 4 is 28.7 Å². The van der Waals surface area contributed by atoms with Gasteiger partial charge in [0.1, 0.15) is 19.1 Å². The van der Waals surface area contributed by atoms with Gasteiger partial charge in [-0.15, -0.1) is 0 Å². The van der Waals surface area contributed by atoms with Crippen LogP contribution in [-0.4, -0.2) is 53.0 Å². The highest BCUT2D eigenvalue weighted by Crippen LogP contribution is 2.21. The summed E-state index contributed by atoms with van der Waals surface area (Å²) in [7, 11) is 0. The number of alkyl halides is 3. The first-order chi connectivity index (χ1) is 12.2. The van der Waals surface area contributed by atoms with E-state index in [2.05, 4.69) is 10.3 Å². The van der Waals surface area contributed by atoms with Crippen molar-refractivity contribution in [3.05, 3.63) is 36.0 Å². The van der Waals surface area contributed by atoms with Gasteiger partial charge in [0.2, 0.25) is 5.91 Å². The van der Waals surface area contributed by atoms with Crippen molar-refractivity contribution in [1.82, 2.24) is 20.5 Å². The van der Waals surface area contributed by atoms with Crippen molar-refractivity contribution in [1.29, 1.82) is 0 Å². The number of aromatic amines is 1. The number of rotatable bonds is 5. The Balaban J connectivity index is 1.64. The number of hydrogen-bond acceptors (Lipinski definition) is 3. The highest BCUT2D eigenvalue weighted by molar-refractivity contribution is 6.06. The molecule has 1 atom stereocenters. The average Bonchev–Trinajstić information content (AvgIpc) is 3.09. The summed E-state index contributed by atoms with van der Waals surface area (Å²) < 4.78 is 36.3. The van der Waals surface area contributed by atoms with Gasteiger partial charge in [-0.1, -0.05) is 18.2 Å². The van der Waals surface area contributed by atoms with Gasteiger partial charge in [0, 0.05) is 23.5 Å². The van der Waals surface area contributed by atoms with Gasteiger partial charge in [-0.05, 0) is 11.6 Å². The Labute approximate surface area is 145 Å². The van der Waals surface area contributed by atoms with E-state index in [0.717, 1.165) is 16.5 Å². The number of para-hydroxylation sites is 1. The quantitative estimate of drug-likeness (QED) is 0.695. The van der Waals surface area contributed by atoms with Crippen LogP contribution in [-0.2, 0) is 16.0 Å². The summed E-state index contributed by atoms with van der Waals surface area (Å²) in [5.74, 6) is -1.71. The molecule has 1 aromatic heterocycles. The van der Waals surface area contributed by atoms with Crippen molar-refractivity contribution in [3.8, 4) is 0 Å². The molecule has 0 saturated carbocycles. The average molecular weight is 368 g/mol. The van der Waals surface area contributed by atoms with E-state index in [1.165, 1.54) is 0 Å². The predicted octanol–water partition coefficient (Wildman–Crippen LogP) is 1.31. The fourth-order valence-corrected chi connectivity index (χ4v) is 2.78. The van der Waals surface area contributed by atoms with Gasteiger partial charge in [-0.3, -0.25) is 14.5 Å². The molecule has 1 aliphatic rings. The van der Waals surface area contributed by atoms with Gasteiger partial charge in [-0.2, -0.15) is 13.2 Å². The van der Waals surface area contributed by atoms with Crippen LogP contribution in [0.15, 0.2) is 30.5 Å². The molecule has 1 aromatic carbocycles. The fraction of sp³-hybridized carbons (Fsp3) is 0.312. The smallest absolute Gasteiger partial charge is 0.361 e. The molecule has 7 nitrogen and oxygen atoms in total. The maximum Gasteiger partial charge on any atom is 0.405 e. The first kappa shape index (κ1) is 17.8. The summed E-state index contributed by atoms with van der Waals surface area (Å²) in [4.78, 5) is 39.5. The van der Waals surface area contributed by atoms with Gasteiger partial charge in [0.05, 0.1) is 0 Å². The Morgan fingerprint density at radius 2 is 1.96 bits per heavy atom. The summed E-state index contributed by atoms with van der Waals surface area (Å²) in [5.41, 5.74) is 1.69. The van der Waals surface area contributed by atoms with Crippen LogP contribution in [0.1, 0.15) is 5.56 Å². The first-order valence-electron chi connectivity index (χ1n) is 7.75. The van der Waals surface area contributed by atoms with E-state index in [-0.39, 0.29) is 6.42 Å². The van der Waals surface area contributed by atoms with Crippen LogP contribution >= 0.6 is 0 Å². The standard InChI is InChI=1S/C16H15F3N4O3/c17-16(18,19)8-21-13(24)7-23-14(25)12(22-15(23)26)5-9-6-20-11-4-2-1-3-10(9)11/h1-4,6,12,20H,5,7-8H2,(H,21,24)(H,22,26)/t12-/m1/s1. The molecule has 2 heterocycles. The van der Waals surface area contributed by atoms with E-state index in [0.29, 0.717) is 4.90 Å². The molecular formula is C16H15F3N4O3. The van der Waals surface area contributed by atoms with Gasteiger partial charge >= 0.3 is 12.2 Å². The third-order valence-electron chi connectivity index (χ3n) is 3.99. The minimum Gasteiger partial charge on any atom is -0.361 e. The number of urea groups is 1. The SMILES string of the molecule is O=C(CN1C(=O)N[C@H](Cc2c[nH]c3ccccc23)C1=O)NCC(F)(F)F.